The van der Waals surface area contributed by atoms with Crippen molar-refractivity contribution in [3.63, 3.8) is 0 Å². The first-order chi connectivity index (χ1) is 11.2. The number of nitrogens with zero attached hydrogens (tertiary/aromatic N) is 1. The first kappa shape index (κ1) is 17.3. The molecule has 1 aromatic rings. The van der Waals surface area contributed by atoms with E-state index in [1.54, 1.807) is 13.8 Å². The van der Waals surface area contributed by atoms with Crippen LogP contribution >= 0.6 is 0 Å². The molecular weight excluding hydrogens is 318 g/mol. The molecule has 0 saturated carbocycles. The molecule has 24 heavy (non-hydrogen) atoms. The van der Waals surface area contributed by atoms with Gasteiger partial charge in [-0.1, -0.05) is 12.1 Å². The molecule has 0 saturated heterocycles. The number of hydrogen-bond donors (Lipinski definition) is 2. The maximum Gasteiger partial charge on any atom is 0.338 e. The average molecular weight is 334 g/mol. The predicted octanol–water partition coefficient (Wildman–Crippen LogP) is 1.25. The van der Waals surface area contributed by atoms with Crippen molar-refractivity contribution in [3.05, 3.63) is 45.1 Å². The third-order valence-electron chi connectivity index (χ3n) is 3.34. The highest BCUT2D eigenvalue weighted by molar-refractivity contribution is 5.95. The molecule has 2 amide bonds. The number of nitrogens with one attached hydrogen (secondary N) is 2. The molecule has 0 aromatic heterocycles. The summed E-state index contributed by atoms with van der Waals surface area (Å²) in [5.41, 5.74) is 0.0141. The second-order valence-corrected chi connectivity index (χ2v) is 5.51. The van der Waals surface area contributed by atoms with E-state index in [9.17, 15) is 24.8 Å². The lowest BCUT2D eigenvalue weighted by Gasteiger charge is -2.28. The van der Waals surface area contributed by atoms with E-state index >= 15 is 0 Å². The number of carbonyl (C=O) groups excluding carboxylic acids is 2. The van der Waals surface area contributed by atoms with Crippen LogP contribution in [0.2, 0.25) is 0 Å². The molecule has 0 radical (unpaired) electrons. The summed E-state index contributed by atoms with van der Waals surface area (Å²) in [6, 6.07) is 1.90. The van der Waals surface area contributed by atoms with Crippen LogP contribution in [0.5, 0.6) is 5.75 Å². The van der Waals surface area contributed by atoms with Gasteiger partial charge in [0.25, 0.3) is 5.69 Å². The number of hydrogen-bond acceptors (Lipinski definition) is 6. The third-order valence-corrected chi connectivity index (χ3v) is 3.34. The normalized spacial score (nSPS) is 17.3. The molecule has 1 atom stereocenters. The largest absolute Gasteiger partial charge is 0.868 e. The van der Waals surface area contributed by atoms with E-state index in [-0.39, 0.29) is 22.9 Å². The second kappa shape index (κ2) is 6.57. The highest BCUT2D eigenvalue weighted by Gasteiger charge is 2.33. The lowest BCUT2D eigenvalue weighted by Crippen LogP contribution is -2.45. The molecular formula is C15H16N3O6-. The number of allylic oxidation sites excluding steroid dienone is 1. The molecule has 1 aliphatic rings. The van der Waals surface area contributed by atoms with Crippen LogP contribution in [0.15, 0.2) is 29.5 Å². The van der Waals surface area contributed by atoms with Gasteiger partial charge in [0.05, 0.1) is 22.6 Å². The Kier molecular flexibility index (Phi) is 4.72. The Morgan fingerprint density at radius 3 is 2.62 bits per heavy atom. The van der Waals surface area contributed by atoms with Crippen molar-refractivity contribution in [1.29, 1.82) is 0 Å². The highest BCUT2D eigenvalue weighted by atomic mass is 16.6. The Morgan fingerprint density at radius 1 is 1.38 bits per heavy atom. The van der Waals surface area contributed by atoms with Gasteiger partial charge in [-0.25, -0.2) is 9.59 Å². The van der Waals surface area contributed by atoms with Crippen molar-refractivity contribution in [1.82, 2.24) is 10.6 Å². The number of rotatable bonds is 4. The minimum absolute atomic E-state index is 0.122. The van der Waals surface area contributed by atoms with Gasteiger partial charge >= 0.3 is 12.0 Å². The van der Waals surface area contributed by atoms with Crippen LogP contribution < -0.4 is 15.7 Å². The van der Waals surface area contributed by atoms with Crippen LogP contribution in [0.3, 0.4) is 0 Å². The summed E-state index contributed by atoms with van der Waals surface area (Å²) < 4.78 is 5.16. The Labute approximate surface area is 137 Å². The van der Waals surface area contributed by atoms with Crippen LogP contribution in [0, 0.1) is 10.1 Å². The van der Waals surface area contributed by atoms with Gasteiger partial charge in [-0.2, -0.15) is 0 Å². The van der Waals surface area contributed by atoms with Gasteiger partial charge in [0.2, 0.25) is 0 Å². The number of amides is 2. The quantitative estimate of drug-likeness (QED) is 0.483. The summed E-state index contributed by atoms with van der Waals surface area (Å²) in [6.07, 6.45) is -0.380. The van der Waals surface area contributed by atoms with Gasteiger partial charge in [-0.3, -0.25) is 10.1 Å². The molecule has 0 spiro atoms. The summed E-state index contributed by atoms with van der Waals surface area (Å²) >= 11 is 0. The van der Waals surface area contributed by atoms with Gasteiger partial charge in [0, 0.05) is 11.8 Å². The number of carbonyl (C=O) groups is 2. The maximum absolute atomic E-state index is 12.3. The summed E-state index contributed by atoms with van der Waals surface area (Å²) in [5.74, 6) is -1.41. The molecule has 0 bridgehead atoms. The Bertz CT molecular complexity index is 741. The smallest absolute Gasteiger partial charge is 0.338 e. The summed E-state index contributed by atoms with van der Waals surface area (Å²) in [7, 11) is 0. The minimum atomic E-state index is -0.954. The number of esters is 1. The van der Waals surface area contributed by atoms with Gasteiger partial charge < -0.3 is 20.5 Å². The van der Waals surface area contributed by atoms with Crippen molar-refractivity contribution in [2.75, 3.05) is 0 Å². The van der Waals surface area contributed by atoms with E-state index in [1.165, 1.54) is 13.0 Å². The van der Waals surface area contributed by atoms with Crippen molar-refractivity contribution in [2.24, 2.45) is 0 Å². The van der Waals surface area contributed by atoms with Crippen LogP contribution in [0.4, 0.5) is 10.5 Å². The fraction of sp³-hybridized carbons (Fsp3) is 0.333. The Hall–Kier alpha value is -3.10. The van der Waals surface area contributed by atoms with Gasteiger partial charge in [-0.15, -0.1) is 0 Å². The van der Waals surface area contributed by atoms with E-state index in [1.807, 2.05) is 0 Å². The summed E-state index contributed by atoms with van der Waals surface area (Å²) in [6.45, 7) is 4.88. The van der Waals surface area contributed by atoms with Crippen molar-refractivity contribution in [3.8, 4) is 5.75 Å². The molecule has 9 nitrogen and oxygen atoms in total. The molecule has 0 fully saturated rings. The van der Waals surface area contributed by atoms with Crippen molar-refractivity contribution < 1.29 is 24.4 Å². The maximum atomic E-state index is 12.3. The number of ether oxygens (including phenoxy) is 1. The van der Waals surface area contributed by atoms with Crippen LogP contribution in [-0.4, -0.2) is 23.0 Å². The molecule has 1 unspecified atom stereocenters. The molecule has 1 heterocycles. The lowest BCUT2D eigenvalue weighted by atomic mass is 9.95. The topological polar surface area (TPSA) is 134 Å². The van der Waals surface area contributed by atoms with Crippen molar-refractivity contribution >= 4 is 17.7 Å². The van der Waals surface area contributed by atoms with Gasteiger partial charge in [0.15, 0.2) is 0 Å². The summed E-state index contributed by atoms with van der Waals surface area (Å²) in [4.78, 5) is 34.2. The van der Waals surface area contributed by atoms with E-state index in [2.05, 4.69) is 10.6 Å². The number of nitro groups is 1. The highest BCUT2D eigenvalue weighted by Crippen LogP contribution is 2.32. The Balaban J connectivity index is 2.51. The van der Waals surface area contributed by atoms with E-state index in [4.69, 9.17) is 4.74 Å². The Morgan fingerprint density at radius 2 is 2.04 bits per heavy atom. The fourth-order valence-corrected chi connectivity index (χ4v) is 2.35. The zero-order valence-corrected chi connectivity index (χ0v) is 13.3. The molecule has 0 aliphatic carbocycles. The molecule has 1 aromatic carbocycles. The first-order valence-corrected chi connectivity index (χ1v) is 7.15. The van der Waals surface area contributed by atoms with E-state index in [0.29, 0.717) is 0 Å². The van der Waals surface area contributed by atoms with Crippen LogP contribution in [0.1, 0.15) is 32.4 Å². The minimum Gasteiger partial charge on any atom is -0.868 e. The van der Waals surface area contributed by atoms with Crippen molar-refractivity contribution in [2.45, 2.75) is 32.9 Å². The zero-order valence-electron chi connectivity index (χ0n) is 13.3. The molecule has 2 N–H and O–H groups in total. The average Bonchev–Trinajstić information content (AvgIpc) is 2.45. The number of urea groups is 1. The molecule has 128 valence electrons. The van der Waals surface area contributed by atoms with E-state index in [0.717, 1.165) is 12.1 Å². The molecule has 9 heteroatoms. The third kappa shape index (κ3) is 3.45. The second-order valence-electron chi connectivity index (χ2n) is 5.51. The van der Waals surface area contributed by atoms with Crippen LogP contribution in [-0.2, 0) is 9.53 Å². The van der Waals surface area contributed by atoms with E-state index < -0.39 is 34.4 Å². The van der Waals surface area contributed by atoms with Crippen LogP contribution in [0.25, 0.3) is 0 Å². The molecule has 1 aliphatic heterocycles. The SMILES string of the molecule is CC1=C(C(=O)OC(C)C)C(c2ccc([O-])c([N+](=O)[O-])c2)NC(=O)N1. The standard InChI is InChI=1S/C15H17N3O6/c1-7(2)24-14(20)12-8(3)16-15(21)17-13(12)9-4-5-11(19)10(6-9)18(22)23/h4-7,13,19H,1-3H3,(H2,16,17,21)/p-1. The fourth-order valence-electron chi connectivity index (χ4n) is 2.35. The lowest BCUT2D eigenvalue weighted by molar-refractivity contribution is -0.398. The summed E-state index contributed by atoms with van der Waals surface area (Å²) in [5, 5.41) is 27.5. The number of benzene rings is 1. The molecule has 2 rings (SSSR count). The first-order valence-electron chi connectivity index (χ1n) is 7.15. The predicted molar refractivity (Wildman–Crippen MR) is 80.9 cm³/mol. The van der Waals surface area contributed by atoms with Gasteiger partial charge in [-0.05, 0) is 32.1 Å². The van der Waals surface area contributed by atoms with Gasteiger partial charge in [0.1, 0.15) is 0 Å². The number of nitro benzene ring substituents is 1. The monoisotopic (exact) mass is 334 g/mol. The zero-order chi connectivity index (χ0) is 18.0.